The Hall–Kier alpha value is -0.0151. The van der Waals surface area contributed by atoms with Gasteiger partial charge in [0.25, 0.3) is 0 Å². The summed E-state index contributed by atoms with van der Waals surface area (Å²) in [5.74, 6) is 0. The monoisotopic (exact) mass is 114 g/mol. The summed E-state index contributed by atoms with van der Waals surface area (Å²) in [5.41, 5.74) is 0. The van der Waals surface area contributed by atoms with Gasteiger partial charge in [-0.05, 0) is 6.42 Å². The highest BCUT2D eigenvalue weighted by Gasteiger charge is 2.19. The number of hydrogen-bond acceptors (Lipinski definition) is 2. The smallest absolute Gasteiger partial charge is 0.156 e. The maximum Gasteiger partial charge on any atom is 0.156 e. The summed E-state index contributed by atoms with van der Waals surface area (Å²) in [6.07, 6.45) is 1.04. The molecule has 8 heavy (non-hydrogen) atoms. The highest BCUT2D eigenvalue weighted by atomic mass is 16.7. The van der Waals surface area contributed by atoms with Crippen LogP contribution in [0.25, 0.3) is 0 Å². The minimum absolute atomic E-state index is 0.0741. The second-order valence-corrected chi connectivity index (χ2v) is 2.12. The molecule has 0 saturated carbocycles. The van der Waals surface area contributed by atoms with Gasteiger partial charge in [0.2, 0.25) is 0 Å². The average molecular weight is 114 g/mol. The molecule has 1 fully saturated rings. The van der Waals surface area contributed by atoms with E-state index in [1.807, 2.05) is 7.85 Å². The van der Waals surface area contributed by atoms with Crippen molar-refractivity contribution in [2.75, 3.05) is 6.61 Å². The second-order valence-electron chi connectivity index (χ2n) is 2.12. The zero-order chi connectivity index (χ0) is 5.98. The van der Waals surface area contributed by atoms with E-state index in [1.165, 1.54) is 0 Å². The van der Waals surface area contributed by atoms with Gasteiger partial charge in [-0.1, -0.05) is 6.92 Å². The van der Waals surface area contributed by atoms with Crippen molar-refractivity contribution in [2.45, 2.75) is 25.6 Å². The van der Waals surface area contributed by atoms with Crippen LogP contribution in [-0.2, 0) is 9.47 Å². The Balaban J connectivity index is 2.22. The lowest BCUT2D eigenvalue weighted by Gasteiger charge is -2.03. The Morgan fingerprint density at radius 1 is 1.75 bits per heavy atom. The van der Waals surface area contributed by atoms with E-state index in [-0.39, 0.29) is 6.29 Å². The fourth-order valence-electron chi connectivity index (χ4n) is 0.795. The first-order chi connectivity index (χ1) is 3.83. The standard InChI is InChI=1S/C5H11BO2/c1-2-5-7-3-4(6)8-5/h4-5H,2-3,6H2,1H3. The van der Waals surface area contributed by atoms with Crippen LogP contribution in [-0.4, -0.2) is 26.7 Å². The highest BCUT2D eigenvalue weighted by Crippen LogP contribution is 2.10. The summed E-state index contributed by atoms with van der Waals surface area (Å²) in [5, 5.41) is 0. The Morgan fingerprint density at radius 2 is 2.50 bits per heavy atom. The molecule has 0 aliphatic carbocycles. The van der Waals surface area contributed by atoms with Crippen molar-refractivity contribution in [1.82, 2.24) is 0 Å². The van der Waals surface area contributed by atoms with Gasteiger partial charge in [-0.2, -0.15) is 0 Å². The Morgan fingerprint density at radius 3 is 2.75 bits per heavy atom. The SMILES string of the molecule is BC1COC(CC)O1. The van der Waals surface area contributed by atoms with Gasteiger partial charge in [0.15, 0.2) is 6.29 Å². The van der Waals surface area contributed by atoms with Crippen LogP contribution in [0.5, 0.6) is 0 Å². The van der Waals surface area contributed by atoms with E-state index in [4.69, 9.17) is 9.47 Å². The summed E-state index contributed by atoms with van der Waals surface area (Å²) in [6.45, 7) is 2.82. The van der Waals surface area contributed by atoms with Gasteiger partial charge >= 0.3 is 0 Å². The lowest BCUT2D eigenvalue weighted by Crippen LogP contribution is -2.10. The van der Waals surface area contributed by atoms with Gasteiger partial charge in [0.05, 0.1) is 12.6 Å². The summed E-state index contributed by atoms with van der Waals surface area (Å²) in [6, 6.07) is 0.306. The van der Waals surface area contributed by atoms with Gasteiger partial charge in [-0.15, -0.1) is 0 Å². The van der Waals surface area contributed by atoms with Crippen LogP contribution >= 0.6 is 0 Å². The van der Waals surface area contributed by atoms with Gasteiger partial charge in [0, 0.05) is 0 Å². The largest absolute Gasteiger partial charge is 0.356 e. The van der Waals surface area contributed by atoms with Crippen molar-refractivity contribution in [3.05, 3.63) is 0 Å². The molecule has 3 heteroatoms. The fraction of sp³-hybridized carbons (Fsp3) is 1.00. The Kier molecular flexibility index (Phi) is 1.92. The minimum Gasteiger partial charge on any atom is -0.356 e. The number of rotatable bonds is 1. The minimum atomic E-state index is 0.0741. The molecule has 1 rings (SSSR count). The van der Waals surface area contributed by atoms with Crippen LogP contribution in [0.15, 0.2) is 0 Å². The molecule has 2 atom stereocenters. The molecule has 0 N–H and O–H groups in total. The van der Waals surface area contributed by atoms with E-state index in [2.05, 4.69) is 6.92 Å². The van der Waals surface area contributed by atoms with E-state index in [0.29, 0.717) is 6.00 Å². The van der Waals surface area contributed by atoms with Crippen molar-refractivity contribution in [2.24, 2.45) is 0 Å². The van der Waals surface area contributed by atoms with Gasteiger partial charge in [-0.25, -0.2) is 0 Å². The van der Waals surface area contributed by atoms with Gasteiger partial charge in [-0.3, -0.25) is 0 Å². The van der Waals surface area contributed by atoms with Crippen LogP contribution in [0, 0.1) is 0 Å². The van der Waals surface area contributed by atoms with E-state index in [0.717, 1.165) is 13.0 Å². The quantitative estimate of drug-likeness (QED) is 0.437. The molecular formula is C5H11BO2. The molecule has 0 aromatic rings. The maximum absolute atomic E-state index is 5.29. The van der Waals surface area contributed by atoms with Crippen molar-refractivity contribution in [3.63, 3.8) is 0 Å². The van der Waals surface area contributed by atoms with Gasteiger partial charge < -0.3 is 9.47 Å². The Labute approximate surface area is 50.6 Å². The third-order valence-electron chi connectivity index (χ3n) is 1.23. The molecule has 0 aromatic heterocycles. The van der Waals surface area contributed by atoms with E-state index in [9.17, 15) is 0 Å². The van der Waals surface area contributed by atoms with E-state index >= 15 is 0 Å². The van der Waals surface area contributed by atoms with Crippen LogP contribution in [0.1, 0.15) is 13.3 Å². The van der Waals surface area contributed by atoms with Crippen molar-refractivity contribution in [3.8, 4) is 0 Å². The molecule has 0 amide bonds. The first-order valence-electron chi connectivity index (χ1n) is 3.10. The van der Waals surface area contributed by atoms with Crippen LogP contribution in [0.4, 0.5) is 0 Å². The highest BCUT2D eigenvalue weighted by molar-refractivity contribution is 6.11. The third kappa shape index (κ3) is 1.23. The van der Waals surface area contributed by atoms with Crippen molar-refractivity contribution >= 4 is 7.85 Å². The molecule has 0 bridgehead atoms. The van der Waals surface area contributed by atoms with Crippen molar-refractivity contribution < 1.29 is 9.47 Å². The topological polar surface area (TPSA) is 18.5 Å². The maximum atomic E-state index is 5.29. The molecule has 0 aromatic carbocycles. The Bertz CT molecular complexity index is 76.8. The molecular weight excluding hydrogens is 103 g/mol. The predicted octanol–water partition coefficient (Wildman–Crippen LogP) is -0.272. The zero-order valence-corrected chi connectivity index (χ0v) is 5.39. The first-order valence-corrected chi connectivity index (χ1v) is 3.10. The summed E-state index contributed by atoms with van der Waals surface area (Å²) in [4.78, 5) is 0. The predicted molar refractivity (Wildman–Crippen MR) is 33.4 cm³/mol. The second kappa shape index (κ2) is 2.51. The number of hydrogen-bond donors (Lipinski definition) is 0. The molecule has 2 unspecified atom stereocenters. The number of ether oxygens (including phenoxy) is 2. The molecule has 46 valence electrons. The van der Waals surface area contributed by atoms with Crippen LogP contribution in [0.2, 0.25) is 0 Å². The molecule has 2 nitrogen and oxygen atoms in total. The lowest BCUT2D eigenvalue weighted by atomic mass is 10.0. The van der Waals surface area contributed by atoms with Gasteiger partial charge in [0.1, 0.15) is 7.85 Å². The summed E-state index contributed by atoms with van der Waals surface area (Å²) < 4.78 is 10.5. The first kappa shape index (κ1) is 6.11. The lowest BCUT2D eigenvalue weighted by molar-refractivity contribution is -0.0480. The summed E-state index contributed by atoms with van der Waals surface area (Å²) >= 11 is 0. The summed E-state index contributed by atoms with van der Waals surface area (Å²) in [7, 11) is 2.02. The molecule has 1 aliphatic heterocycles. The van der Waals surface area contributed by atoms with E-state index in [1.54, 1.807) is 0 Å². The molecule has 0 radical (unpaired) electrons. The fourth-order valence-corrected chi connectivity index (χ4v) is 0.795. The third-order valence-corrected chi connectivity index (χ3v) is 1.23. The zero-order valence-electron chi connectivity index (χ0n) is 5.39. The molecule has 1 heterocycles. The average Bonchev–Trinajstić information content (AvgIpc) is 2.14. The molecule has 1 saturated heterocycles. The van der Waals surface area contributed by atoms with E-state index < -0.39 is 0 Å². The van der Waals surface area contributed by atoms with Crippen LogP contribution in [0.3, 0.4) is 0 Å². The molecule has 1 aliphatic rings. The van der Waals surface area contributed by atoms with Crippen LogP contribution < -0.4 is 0 Å². The van der Waals surface area contributed by atoms with Crippen molar-refractivity contribution in [1.29, 1.82) is 0 Å². The molecule has 0 spiro atoms. The normalized spacial score (nSPS) is 38.1.